The van der Waals surface area contributed by atoms with Crippen molar-refractivity contribution in [3.8, 4) is 0 Å². The number of hydrogen-bond acceptors (Lipinski definition) is 4. The molecule has 154 valence electrons. The van der Waals surface area contributed by atoms with Gasteiger partial charge in [-0.2, -0.15) is 0 Å². The molecular weight excluding hydrogens is 340 g/mol. The first-order valence-electron chi connectivity index (χ1n) is 10.8. The summed E-state index contributed by atoms with van der Waals surface area (Å²) in [7, 11) is 0. The van der Waals surface area contributed by atoms with Gasteiger partial charge in [0.2, 0.25) is 11.8 Å². The standard InChI is InChI=1S/C21H38N4O2/c1-16(2)20(27)22-13-18-11-21(12-18)14-25(15-21)19(26)5-6-23-7-9-24(10-8-23)17(3)4/h16-18H,5-15H2,1-4H3,(H,22,27). The van der Waals surface area contributed by atoms with Crippen molar-refractivity contribution in [2.24, 2.45) is 17.3 Å². The van der Waals surface area contributed by atoms with Gasteiger partial charge in [-0.15, -0.1) is 0 Å². The molecule has 1 saturated carbocycles. The Morgan fingerprint density at radius 1 is 1.04 bits per heavy atom. The molecule has 6 heteroatoms. The molecule has 1 aliphatic carbocycles. The second-order valence-corrected chi connectivity index (χ2v) is 9.65. The topological polar surface area (TPSA) is 55.9 Å². The lowest BCUT2D eigenvalue weighted by Gasteiger charge is -2.59. The van der Waals surface area contributed by atoms with Gasteiger partial charge < -0.3 is 15.1 Å². The molecule has 1 N–H and O–H groups in total. The van der Waals surface area contributed by atoms with E-state index in [1.807, 2.05) is 18.7 Å². The van der Waals surface area contributed by atoms with Crippen molar-refractivity contribution in [1.82, 2.24) is 20.0 Å². The molecule has 3 aliphatic rings. The molecule has 0 aromatic carbocycles. The Hall–Kier alpha value is -1.14. The van der Waals surface area contributed by atoms with Crippen LogP contribution in [0.1, 0.15) is 47.0 Å². The molecule has 3 rings (SSSR count). The normalized spacial score (nSPS) is 23.6. The zero-order valence-electron chi connectivity index (χ0n) is 17.7. The van der Waals surface area contributed by atoms with Gasteiger partial charge in [-0.3, -0.25) is 14.5 Å². The number of carbonyl (C=O) groups excluding carboxylic acids is 2. The minimum atomic E-state index is 0.0594. The highest BCUT2D eigenvalue weighted by atomic mass is 16.2. The summed E-state index contributed by atoms with van der Waals surface area (Å²) in [6.45, 7) is 16.3. The first-order valence-corrected chi connectivity index (χ1v) is 10.8. The summed E-state index contributed by atoms with van der Waals surface area (Å²) in [4.78, 5) is 31.1. The van der Waals surface area contributed by atoms with Gasteiger partial charge in [-0.25, -0.2) is 0 Å². The lowest BCUT2D eigenvalue weighted by atomic mass is 9.57. The highest BCUT2D eigenvalue weighted by Crippen LogP contribution is 2.51. The van der Waals surface area contributed by atoms with Crippen LogP contribution in [0.2, 0.25) is 0 Å². The molecule has 0 unspecified atom stereocenters. The van der Waals surface area contributed by atoms with Gasteiger partial charge in [0, 0.05) is 76.2 Å². The van der Waals surface area contributed by atoms with Crippen molar-refractivity contribution in [3.05, 3.63) is 0 Å². The second kappa shape index (κ2) is 8.48. The third kappa shape index (κ3) is 5.02. The fourth-order valence-corrected chi connectivity index (χ4v) is 4.87. The van der Waals surface area contributed by atoms with Crippen molar-refractivity contribution in [1.29, 1.82) is 0 Å². The lowest BCUT2D eigenvalue weighted by molar-refractivity contribution is -0.155. The molecule has 27 heavy (non-hydrogen) atoms. The highest BCUT2D eigenvalue weighted by molar-refractivity contribution is 5.78. The van der Waals surface area contributed by atoms with Gasteiger partial charge in [0.15, 0.2) is 0 Å². The summed E-state index contributed by atoms with van der Waals surface area (Å²) in [6.07, 6.45) is 2.98. The van der Waals surface area contributed by atoms with Crippen LogP contribution in [0.25, 0.3) is 0 Å². The number of nitrogens with one attached hydrogen (secondary N) is 1. The van der Waals surface area contributed by atoms with Crippen LogP contribution in [0.4, 0.5) is 0 Å². The molecule has 0 radical (unpaired) electrons. The van der Waals surface area contributed by atoms with E-state index in [9.17, 15) is 9.59 Å². The Bertz CT molecular complexity index is 526. The predicted molar refractivity (Wildman–Crippen MR) is 107 cm³/mol. The highest BCUT2D eigenvalue weighted by Gasteiger charge is 2.53. The molecule has 3 fully saturated rings. The Balaban J connectivity index is 1.27. The van der Waals surface area contributed by atoms with Gasteiger partial charge in [0.1, 0.15) is 0 Å². The Morgan fingerprint density at radius 2 is 1.67 bits per heavy atom. The molecule has 2 aliphatic heterocycles. The summed E-state index contributed by atoms with van der Waals surface area (Å²) in [5.41, 5.74) is 0.367. The molecule has 0 aromatic rings. The third-order valence-electron chi connectivity index (χ3n) is 6.72. The zero-order chi connectivity index (χ0) is 19.6. The van der Waals surface area contributed by atoms with Gasteiger partial charge in [-0.05, 0) is 32.6 Å². The number of likely N-dealkylation sites (tertiary alicyclic amines) is 1. The summed E-state index contributed by atoms with van der Waals surface area (Å²) in [5.74, 6) is 1.13. The van der Waals surface area contributed by atoms with E-state index in [0.717, 1.165) is 65.2 Å². The maximum absolute atomic E-state index is 12.5. The summed E-state index contributed by atoms with van der Waals surface area (Å²) < 4.78 is 0. The molecule has 2 amide bonds. The number of rotatable bonds is 7. The minimum absolute atomic E-state index is 0.0594. The second-order valence-electron chi connectivity index (χ2n) is 9.65. The Morgan fingerprint density at radius 3 is 2.22 bits per heavy atom. The van der Waals surface area contributed by atoms with Crippen LogP contribution in [-0.2, 0) is 9.59 Å². The van der Waals surface area contributed by atoms with E-state index >= 15 is 0 Å². The van der Waals surface area contributed by atoms with Crippen molar-refractivity contribution in [2.75, 3.05) is 52.4 Å². The van der Waals surface area contributed by atoms with Crippen molar-refractivity contribution >= 4 is 11.8 Å². The van der Waals surface area contributed by atoms with Crippen molar-refractivity contribution < 1.29 is 9.59 Å². The average molecular weight is 379 g/mol. The number of amides is 2. The van der Waals surface area contributed by atoms with E-state index in [1.54, 1.807) is 0 Å². The van der Waals surface area contributed by atoms with Gasteiger partial charge >= 0.3 is 0 Å². The lowest BCUT2D eigenvalue weighted by Crippen LogP contribution is -2.64. The first-order chi connectivity index (χ1) is 12.8. The van der Waals surface area contributed by atoms with Crippen molar-refractivity contribution in [3.63, 3.8) is 0 Å². The fourth-order valence-electron chi connectivity index (χ4n) is 4.87. The van der Waals surface area contributed by atoms with Gasteiger partial charge in [0.25, 0.3) is 0 Å². The van der Waals surface area contributed by atoms with E-state index in [0.29, 0.717) is 29.7 Å². The van der Waals surface area contributed by atoms with Crippen LogP contribution in [0.15, 0.2) is 0 Å². The Kier molecular flexibility index (Phi) is 6.46. The molecule has 1 spiro atoms. The number of hydrogen-bond donors (Lipinski definition) is 1. The molecule has 0 atom stereocenters. The maximum Gasteiger partial charge on any atom is 0.223 e. The molecule has 0 aromatic heterocycles. The first kappa shape index (κ1) is 20.6. The zero-order valence-corrected chi connectivity index (χ0v) is 17.7. The predicted octanol–water partition coefficient (Wildman–Crippen LogP) is 1.41. The molecule has 2 heterocycles. The van der Waals surface area contributed by atoms with Crippen LogP contribution in [-0.4, -0.2) is 84.9 Å². The van der Waals surface area contributed by atoms with E-state index < -0.39 is 0 Å². The quantitative estimate of drug-likeness (QED) is 0.728. The molecule has 2 saturated heterocycles. The fraction of sp³-hybridized carbons (Fsp3) is 0.905. The average Bonchev–Trinajstić information content (AvgIpc) is 2.57. The SMILES string of the molecule is CC(C)C(=O)NCC1CC2(C1)CN(C(=O)CCN1CCN(C(C)C)CC1)C2. The van der Waals surface area contributed by atoms with E-state index in [4.69, 9.17) is 0 Å². The van der Waals surface area contributed by atoms with E-state index in [2.05, 4.69) is 29.0 Å². The molecule has 0 bridgehead atoms. The van der Waals surface area contributed by atoms with Crippen LogP contribution in [0, 0.1) is 17.3 Å². The largest absolute Gasteiger partial charge is 0.356 e. The number of carbonyl (C=O) groups is 2. The minimum Gasteiger partial charge on any atom is -0.356 e. The van der Waals surface area contributed by atoms with Gasteiger partial charge in [0.05, 0.1) is 0 Å². The summed E-state index contributed by atoms with van der Waals surface area (Å²) in [6, 6.07) is 0.621. The number of nitrogens with zero attached hydrogens (tertiary/aromatic N) is 3. The third-order valence-corrected chi connectivity index (χ3v) is 6.72. The van der Waals surface area contributed by atoms with E-state index in [-0.39, 0.29) is 11.8 Å². The summed E-state index contributed by atoms with van der Waals surface area (Å²) >= 11 is 0. The maximum atomic E-state index is 12.5. The molecular formula is C21H38N4O2. The Labute approximate surface area is 164 Å². The number of piperazine rings is 1. The van der Waals surface area contributed by atoms with Crippen LogP contribution >= 0.6 is 0 Å². The van der Waals surface area contributed by atoms with Gasteiger partial charge in [-0.1, -0.05) is 13.8 Å². The van der Waals surface area contributed by atoms with Crippen LogP contribution in [0.3, 0.4) is 0 Å². The summed E-state index contributed by atoms with van der Waals surface area (Å²) in [5, 5.41) is 3.04. The molecule has 6 nitrogen and oxygen atoms in total. The monoisotopic (exact) mass is 378 g/mol. The smallest absolute Gasteiger partial charge is 0.223 e. The van der Waals surface area contributed by atoms with E-state index in [1.165, 1.54) is 0 Å². The van der Waals surface area contributed by atoms with Crippen molar-refractivity contribution in [2.45, 2.75) is 53.0 Å². The van der Waals surface area contributed by atoms with Crippen LogP contribution < -0.4 is 5.32 Å². The van der Waals surface area contributed by atoms with Crippen LogP contribution in [0.5, 0.6) is 0 Å².